The second kappa shape index (κ2) is 4.58. The number of aromatic nitrogens is 2. The number of benzene rings is 1. The van der Waals surface area contributed by atoms with Crippen molar-refractivity contribution in [1.82, 2.24) is 9.55 Å². The monoisotopic (exact) mass is 224 g/mol. The van der Waals surface area contributed by atoms with E-state index in [1.807, 2.05) is 6.33 Å². The van der Waals surface area contributed by atoms with Gasteiger partial charge in [-0.2, -0.15) is 0 Å². The molecule has 17 heavy (non-hydrogen) atoms. The first-order valence-electron chi connectivity index (χ1n) is 6.15. The normalized spacial score (nSPS) is 14.4. The van der Waals surface area contributed by atoms with Crippen LogP contribution in [0.5, 0.6) is 0 Å². The van der Waals surface area contributed by atoms with Gasteiger partial charge in [0.1, 0.15) is 0 Å². The average Bonchev–Trinajstić information content (AvgIpc) is 2.61. The van der Waals surface area contributed by atoms with Crippen molar-refractivity contribution in [3.63, 3.8) is 0 Å². The number of allylic oxidation sites excluding steroid dienone is 2. The zero-order valence-corrected chi connectivity index (χ0v) is 9.84. The minimum absolute atomic E-state index is 0.934. The molecule has 3 rings (SSSR count). The van der Waals surface area contributed by atoms with Gasteiger partial charge in [-0.15, -0.1) is 0 Å². The zero-order chi connectivity index (χ0) is 11.5. The van der Waals surface area contributed by atoms with Crippen LogP contribution in [-0.4, -0.2) is 9.55 Å². The van der Waals surface area contributed by atoms with Crippen molar-refractivity contribution < 1.29 is 0 Å². The molecule has 1 aromatic carbocycles. The fraction of sp³-hybridized carbons (Fsp3) is 0.267. The Balaban J connectivity index is 1.88. The highest BCUT2D eigenvalue weighted by Gasteiger charge is 2.11. The van der Waals surface area contributed by atoms with E-state index in [4.69, 9.17) is 0 Å². The molecule has 1 aliphatic carbocycles. The summed E-state index contributed by atoms with van der Waals surface area (Å²) in [5, 5.41) is 0. The highest BCUT2D eigenvalue weighted by atomic mass is 15.1. The van der Waals surface area contributed by atoms with Gasteiger partial charge in [-0.1, -0.05) is 42.5 Å². The van der Waals surface area contributed by atoms with Gasteiger partial charge in [0.25, 0.3) is 0 Å². The van der Waals surface area contributed by atoms with E-state index in [9.17, 15) is 0 Å². The van der Waals surface area contributed by atoms with Crippen LogP contribution in [0, 0.1) is 0 Å². The Morgan fingerprint density at radius 3 is 2.88 bits per heavy atom. The maximum Gasteiger partial charge on any atom is 0.0954 e. The van der Waals surface area contributed by atoms with E-state index in [2.05, 4.69) is 52.0 Å². The fourth-order valence-electron chi connectivity index (χ4n) is 2.36. The van der Waals surface area contributed by atoms with Gasteiger partial charge in [0.15, 0.2) is 0 Å². The molecule has 0 atom stereocenters. The first-order valence-corrected chi connectivity index (χ1v) is 6.15. The molecule has 0 unspecified atom stereocenters. The van der Waals surface area contributed by atoms with Gasteiger partial charge in [0.2, 0.25) is 0 Å². The van der Waals surface area contributed by atoms with Crippen molar-refractivity contribution in [2.75, 3.05) is 0 Å². The summed E-state index contributed by atoms with van der Waals surface area (Å²) in [7, 11) is 0. The summed E-state index contributed by atoms with van der Waals surface area (Å²) in [6.45, 7) is 0.934. The fourth-order valence-corrected chi connectivity index (χ4v) is 2.36. The molecule has 2 aromatic rings. The van der Waals surface area contributed by atoms with Crippen LogP contribution in [0.25, 0.3) is 0 Å². The van der Waals surface area contributed by atoms with Crippen molar-refractivity contribution in [3.8, 4) is 0 Å². The smallest absolute Gasteiger partial charge is 0.0954 e. The van der Waals surface area contributed by atoms with Crippen LogP contribution >= 0.6 is 0 Å². The van der Waals surface area contributed by atoms with Crippen LogP contribution in [0.4, 0.5) is 0 Å². The molecule has 2 nitrogen and oxygen atoms in total. The second-order valence-electron chi connectivity index (χ2n) is 4.47. The maximum absolute atomic E-state index is 4.52. The van der Waals surface area contributed by atoms with Gasteiger partial charge in [-0.3, -0.25) is 0 Å². The number of hydrogen-bond acceptors (Lipinski definition) is 1. The lowest BCUT2D eigenvalue weighted by Gasteiger charge is -2.08. The van der Waals surface area contributed by atoms with Crippen LogP contribution in [-0.2, 0) is 19.4 Å². The first kappa shape index (κ1) is 10.3. The molecule has 0 saturated heterocycles. The summed E-state index contributed by atoms with van der Waals surface area (Å²) in [6, 6.07) is 10.6. The topological polar surface area (TPSA) is 17.8 Å². The molecule has 1 aromatic heterocycles. The summed E-state index contributed by atoms with van der Waals surface area (Å²) in [4.78, 5) is 4.52. The Kier molecular flexibility index (Phi) is 2.78. The van der Waals surface area contributed by atoms with Crippen LogP contribution in [0.3, 0.4) is 0 Å². The lowest BCUT2D eigenvalue weighted by Crippen LogP contribution is -2.04. The van der Waals surface area contributed by atoms with Gasteiger partial charge in [-0.25, -0.2) is 4.98 Å². The summed E-state index contributed by atoms with van der Waals surface area (Å²) < 4.78 is 2.29. The van der Waals surface area contributed by atoms with E-state index < -0.39 is 0 Å². The number of nitrogens with zero attached hydrogens (tertiary/aromatic N) is 2. The third kappa shape index (κ3) is 2.16. The predicted octanol–water partition coefficient (Wildman–Crippen LogP) is 2.98. The number of rotatable bonds is 2. The third-order valence-corrected chi connectivity index (χ3v) is 3.25. The highest BCUT2D eigenvalue weighted by molar-refractivity contribution is 5.22. The summed E-state index contributed by atoms with van der Waals surface area (Å²) in [6.07, 6.45) is 9.69. The highest BCUT2D eigenvalue weighted by Crippen LogP contribution is 2.16. The minimum atomic E-state index is 0.934. The summed E-state index contributed by atoms with van der Waals surface area (Å²) >= 11 is 0. The molecule has 1 aliphatic rings. The maximum atomic E-state index is 4.52. The molecular formula is C15H16N2. The van der Waals surface area contributed by atoms with Crippen molar-refractivity contribution in [2.24, 2.45) is 0 Å². The van der Waals surface area contributed by atoms with Gasteiger partial charge in [0.05, 0.1) is 12.0 Å². The molecule has 2 heteroatoms. The third-order valence-electron chi connectivity index (χ3n) is 3.25. The molecule has 0 aliphatic heterocycles. The zero-order valence-electron chi connectivity index (χ0n) is 9.84. The Morgan fingerprint density at radius 2 is 2.00 bits per heavy atom. The lowest BCUT2D eigenvalue weighted by molar-refractivity contribution is 0.732. The molecule has 0 fully saturated rings. The molecule has 1 heterocycles. The molecule has 0 N–H and O–H groups in total. The Bertz CT molecular complexity index is 523. The molecule has 86 valence electrons. The largest absolute Gasteiger partial charge is 0.330 e. The molecule has 0 radical (unpaired) electrons. The van der Waals surface area contributed by atoms with E-state index in [-0.39, 0.29) is 0 Å². The molecule has 0 saturated carbocycles. The number of hydrogen-bond donors (Lipinski definition) is 0. The van der Waals surface area contributed by atoms with Crippen molar-refractivity contribution >= 4 is 0 Å². The minimum Gasteiger partial charge on any atom is -0.330 e. The Hall–Kier alpha value is -1.83. The first-order chi connectivity index (χ1) is 8.43. The van der Waals surface area contributed by atoms with E-state index in [1.165, 1.54) is 17.0 Å². The van der Waals surface area contributed by atoms with Crippen LogP contribution in [0.1, 0.15) is 23.4 Å². The molecule has 0 bridgehead atoms. The van der Waals surface area contributed by atoms with Crippen LogP contribution < -0.4 is 0 Å². The number of imidazole rings is 1. The summed E-state index contributed by atoms with van der Waals surface area (Å²) in [5.41, 5.74) is 3.98. The molecule has 0 amide bonds. The van der Waals surface area contributed by atoms with Crippen LogP contribution in [0.15, 0.2) is 48.8 Å². The van der Waals surface area contributed by atoms with E-state index in [1.54, 1.807) is 0 Å². The Morgan fingerprint density at radius 1 is 1.12 bits per heavy atom. The number of fused-ring (bicyclic) bond motifs is 1. The SMILES string of the molecule is C1=CCc2ncn(Cc3ccccc3)c2CC1. The van der Waals surface area contributed by atoms with E-state index >= 15 is 0 Å². The van der Waals surface area contributed by atoms with E-state index in [0.717, 1.165) is 25.8 Å². The van der Waals surface area contributed by atoms with Crippen LogP contribution in [0.2, 0.25) is 0 Å². The van der Waals surface area contributed by atoms with Gasteiger partial charge in [0, 0.05) is 18.7 Å². The quantitative estimate of drug-likeness (QED) is 0.717. The molecule has 0 spiro atoms. The Labute approximate surface area is 102 Å². The lowest BCUT2D eigenvalue weighted by atomic mass is 10.2. The van der Waals surface area contributed by atoms with Gasteiger partial charge in [-0.05, 0) is 18.4 Å². The molecular weight excluding hydrogens is 208 g/mol. The second-order valence-corrected chi connectivity index (χ2v) is 4.47. The predicted molar refractivity (Wildman–Crippen MR) is 68.9 cm³/mol. The standard InChI is InChI=1S/C15H16N2/c1-3-7-13(8-4-1)11-17-12-16-14-9-5-2-6-10-15(14)17/h1-5,7-8,12H,6,9-11H2. The van der Waals surface area contributed by atoms with Crippen molar-refractivity contribution in [3.05, 3.63) is 65.8 Å². The van der Waals surface area contributed by atoms with Crippen molar-refractivity contribution in [1.29, 1.82) is 0 Å². The average molecular weight is 224 g/mol. The van der Waals surface area contributed by atoms with E-state index in [0.29, 0.717) is 0 Å². The van der Waals surface area contributed by atoms with Gasteiger partial charge < -0.3 is 4.57 Å². The van der Waals surface area contributed by atoms with Gasteiger partial charge >= 0.3 is 0 Å². The van der Waals surface area contributed by atoms with Crippen molar-refractivity contribution in [2.45, 2.75) is 25.8 Å². The summed E-state index contributed by atoms with van der Waals surface area (Å²) in [5.74, 6) is 0.